The van der Waals surface area contributed by atoms with Crippen molar-refractivity contribution in [2.45, 2.75) is 38.8 Å². The lowest BCUT2D eigenvalue weighted by Gasteiger charge is -2.34. The van der Waals surface area contributed by atoms with Gasteiger partial charge in [0.25, 0.3) is 0 Å². The molecular weight excluding hydrogens is 290 g/mol. The molecule has 1 fully saturated rings. The van der Waals surface area contributed by atoms with Crippen molar-refractivity contribution in [3.8, 4) is 11.8 Å². The number of aromatic amines is 1. The van der Waals surface area contributed by atoms with Gasteiger partial charge in [-0.25, -0.2) is 4.98 Å². The molecule has 0 bridgehead atoms. The number of piperidine rings is 1. The van der Waals surface area contributed by atoms with Gasteiger partial charge in [-0.05, 0) is 44.5 Å². The molecular formula is C17H21N5O. The van der Waals surface area contributed by atoms with Crippen LogP contribution < -0.4 is 4.74 Å². The topological polar surface area (TPSA) is 77.8 Å². The predicted molar refractivity (Wildman–Crippen MR) is 85.8 cm³/mol. The Kier molecular flexibility index (Phi) is 4.58. The molecule has 1 aliphatic rings. The molecule has 1 saturated heterocycles. The highest BCUT2D eigenvalue weighted by molar-refractivity contribution is 5.42. The van der Waals surface area contributed by atoms with Gasteiger partial charge < -0.3 is 4.74 Å². The maximum Gasteiger partial charge on any atom is 0.167 e. The monoisotopic (exact) mass is 311 g/mol. The van der Waals surface area contributed by atoms with Gasteiger partial charge in [-0.15, -0.1) is 0 Å². The third-order valence-corrected chi connectivity index (χ3v) is 4.31. The van der Waals surface area contributed by atoms with Gasteiger partial charge in [0.2, 0.25) is 0 Å². The molecule has 0 spiro atoms. The number of nitrogens with one attached hydrogen (secondary N) is 1. The highest BCUT2D eigenvalue weighted by Crippen LogP contribution is 2.32. The summed E-state index contributed by atoms with van der Waals surface area (Å²) in [5.74, 6) is 2.52. The number of hydrogen-bond acceptors (Lipinski definition) is 5. The molecule has 1 aromatic carbocycles. The van der Waals surface area contributed by atoms with Crippen molar-refractivity contribution in [2.24, 2.45) is 0 Å². The maximum atomic E-state index is 9.14. The summed E-state index contributed by atoms with van der Waals surface area (Å²) in [6, 6.07) is 7.97. The fraction of sp³-hybridized carbons (Fsp3) is 0.471. The van der Waals surface area contributed by atoms with E-state index in [0.29, 0.717) is 5.56 Å². The number of rotatable bonds is 4. The molecule has 0 saturated carbocycles. The summed E-state index contributed by atoms with van der Waals surface area (Å²) < 4.78 is 5.46. The average Bonchev–Trinajstić information content (AvgIpc) is 3.01. The van der Waals surface area contributed by atoms with Crippen LogP contribution in [0.2, 0.25) is 0 Å². The fourth-order valence-corrected chi connectivity index (χ4v) is 3.17. The summed E-state index contributed by atoms with van der Waals surface area (Å²) in [4.78, 5) is 6.89. The minimum absolute atomic E-state index is 0.212. The summed E-state index contributed by atoms with van der Waals surface area (Å²) >= 11 is 0. The van der Waals surface area contributed by atoms with Crippen molar-refractivity contribution in [1.29, 1.82) is 5.26 Å². The van der Waals surface area contributed by atoms with E-state index in [1.54, 1.807) is 13.2 Å². The van der Waals surface area contributed by atoms with Gasteiger partial charge in [-0.1, -0.05) is 6.42 Å². The van der Waals surface area contributed by atoms with E-state index in [1.165, 1.54) is 12.8 Å². The minimum Gasteiger partial charge on any atom is -0.496 e. The van der Waals surface area contributed by atoms with Crippen molar-refractivity contribution in [2.75, 3.05) is 13.7 Å². The van der Waals surface area contributed by atoms with Crippen LogP contribution in [0, 0.1) is 18.3 Å². The quantitative estimate of drug-likeness (QED) is 0.939. The summed E-state index contributed by atoms with van der Waals surface area (Å²) in [5, 5.41) is 16.4. The first-order valence-electron chi connectivity index (χ1n) is 7.91. The molecule has 0 amide bonds. The third kappa shape index (κ3) is 3.35. The Bertz CT molecular complexity index is 718. The summed E-state index contributed by atoms with van der Waals surface area (Å²) in [6.07, 6.45) is 3.40. The first kappa shape index (κ1) is 15.5. The van der Waals surface area contributed by atoms with Crippen LogP contribution in [-0.4, -0.2) is 33.7 Å². The molecule has 1 N–H and O–H groups in total. The molecule has 0 unspecified atom stereocenters. The number of H-pyrrole nitrogens is 1. The van der Waals surface area contributed by atoms with Crippen LogP contribution >= 0.6 is 0 Å². The summed E-state index contributed by atoms with van der Waals surface area (Å²) in [5.41, 5.74) is 1.69. The normalized spacial score (nSPS) is 18.6. The van der Waals surface area contributed by atoms with Gasteiger partial charge in [0.05, 0.1) is 24.8 Å². The second-order valence-electron chi connectivity index (χ2n) is 5.90. The molecule has 0 radical (unpaired) electrons. The first-order chi connectivity index (χ1) is 11.2. The maximum absolute atomic E-state index is 9.14. The third-order valence-electron chi connectivity index (χ3n) is 4.31. The number of aromatic nitrogens is 3. The molecule has 120 valence electrons. The molecule has 3 rings (SSSR count). The molecule has 6 nitrogen and oxygen atoms in total. The van der Waals surface area contributed by atoms with Crippen LogP contribution in [-0.2, 0) is 6.54 Å². The smallest absolute Gasteiger partial charge is 0.167 e. The first-order valence-corrected chi connectivity index (χ1v) is 7.91. The lowest BCUT2D eigenvalue weighted by atomic mass is 10.00. The zero-order chi connectivity index (χ0) is 16.2. The molecule has 23 heavy (non-hydrogen) atoms. The predicted octanol–water partition coefficient (Wildman–Crippen LogP) is 2.72. The number of benzene rings is 1. The molecule has 2 heterocycles. The highest BCUT2D eigenvalue weighted by atomic mass is 16.5. The number of ether oxygens (including phenoxy) is 1. The van der Waals surface area contributed by atoms with Crippen molar-refractivity contribution in [3.05, 3.63) is 41.0 Å². The number of hydrogen-bond donors (Lipinski definition) is 1. The Labute approximate surface area is 136 Å². The van der Waals surface area contributed by atoms with E-state index in [-0.39, 0.29) is 6.04 Å². The lowest BCUT2D eigenvalue weighted by molar-refractivity contribution is 0.132. The largest absolute Gasteiger partial charge is 0.496 e. The Balaban J connectivity index is 1.86. The minimum atomic E-state index is 0.212. The fourth-order valence-electron chi connectivity index (χ4n) is 3.17. The summed E-state index contributed by atoms with van der Waals surface area (Å²) in [6.45, 7) is 3.65. The van der Waals surface area contributed by atoms with Gasteiger partial charge in [0, 0.05) is 12.1 Å². The Morgan fingerprint density at radius 2 is 2.30 bits per heavy atom. The number of nitriles is 1. The van der Waals surface area contributed by atoms with E-state index in [1.807, 2.05) is 19.1 Å². The zero-order valence-corrected chi connectivity index (χ0v) is 13.5. The number of methoxy groups -OCH3 is 1. The van der Waals surface area contributed by atoms with Crippen LogP contribution in [0.4, 0.5) is 0 Å². The van der Waals surface area contributed by atoms with Crippen molar-refractivity contribution >= 4 is 0 Å². The van der Waals surface area contributed by atoms with Gasteiger partial charge in [0.15, 0.2) is 5.82 Å². The molecule has 2 aromatic rings. The van der Waals surface area contributed by atoms with Crippen molar-refractivity contribution in [3.63, 3.8) is 0 Å². The average molecular weight is 311 g/mol. The molecule has 6 heteroatoms. The molecule has 1 aromatic heterocycles. The van der Waals surface area contributed by atoms with E-state index >= 15 is 0 Å². The molecule has 1 atom stereocenters. The highest BCUT2D eigenvalue weighted by Gasteiger charge is 2.27. The Morgan fingerprint density at radius 3 is 3.00 bits per heavy atom. The Hall–Kier alpha value is -2.39. The standard InChI is InChI=1S/C17H21N5O/c1-12-19-17(21-20-12)15-5-3-4-8-22(15)11-14-9-13(10-18)6-7-16(14)23-2/h6-7,9,15H,3-5,8,11H2,1-2H3,(H,19,20,21)/t15-/m0/s1. The van der Waals surface area contributed by atoms with Crippen LogP contribution in [0.3, 0.4) is 0 Å². The van der Waals surface area contributed by atoms with Gasteiger partial charge in [0.1, 0.15) is 11.6 Å². The molecule has 0 aliphatic carbocycles. The van der Waals surface area contributed by atoms with Gasteiger partial charge in [-0.3, -0.25) is 10.00 Å². The number of nitrogens with zero attached hydrogens (tertiary/aromatic N) is 4. The van der Waals surface area contributed by atoms with Crippen molar-refractivity contribution in [1.82, 2.24) is 20.1 Å². The van der Waals surface area contributed by atoms with Crippen LogP contribution in [0.1, 0.15) is 48.1 Å². The van der Waals surface area contributed by atoms with Crippen LogP contribution in [0.5, 0.6) is 5.75 Å². The SMILES string of the molecule is COc1ccc(C#N)cc1CN1CCCC[C@H]1c1n[nH]c(C)n1. The van der Waals surface area contributed by atoms with E-state index in [0.717, 1.165) is 42.5 Å². The van der Waals surface area contributed by atoms with Gasteiger partial charge >= 0.3 is 0 Å². The lowest BCUT2D eigenvalue weighted by Crippen LogP contribution is -2.33. The van der Waals surface area contributed by atoms with E-state index in [4.69, 9.17) is 10.00 Å². The zero-order valence-electron chi connectivity index (χ0n) is 13.5. The van der Waals surface area contributed by atoms with E-state index < -0.39 is 0 Å². The van der Waals surface area contributed by atoms with Gasteiger partial charge in [-0.2, -0.15) is 10.4 Å². The van der Waals surface area contributed by atoms with Crippen molar-refractivity contribution < 1.29 is 4.74 Å². The second kappa shape index (κ2) is 6.80. The summed E-state index contributed by atoms with van der Waals surface area (Å²) in [7, 11) is 1.66. The number of likely N-dealkylation sites (tertiary alicyclic amines) is 1. The Morgan fingerprint density at radius 1 is 1.43 bits per heavy atom. The van der Waals surface area contributed by atoms with E-state index in [2.05, 4.69) is 26.2 Å². The number of aryl methyl sites for hydroxylation is 1. The van der Waals surface area contributed by atoms with Crippen LogP contribution in [0.15, 0.2) is 18.2 Å². The van der Waals surface area contributed by atoms with Crippen LogP contribution in [0.25, 0.3) is 0 Å². The van der Waals surface area contributed by atoms with E-state index in [9.17, 15) is 0 Å². The second-order valence-corrected chi connectivity index (χ2v) is 5.90. The molecule has 1 aliphatic heterocycles.